The van der Waals surface area contributed by atoms with Crippen molar-refractivity contribution in [1.82, 2.24) is 5.43 Å². The van der Waals surface area contributed by atoms with E-state index in [1.807, 2.05) is 30.3 Å². The smallest absolute Gasteiger partial charge is 0.274 e. The average molecular weight is 359 g/mol. The molecule has 0 aliphatic heterocycles. The Morgan fingerprint density at radius 2 is 1.74 bits per heavy atom. The molecule has 3 aromatic carbocycles. The zero-order valence-electron chi connectivity index (χ0n) is 14.1. The van der Waals surface area contributed by atoms with Crippen molar-refractivity contribution in [2.45, 2.75) is 0 Å². The van der Waals surface area contributed by atoms with Crippen molar-refractivity contribution in [1.29, 1.82) is 5.26 Å². The Morgan fingerprint density at radius 3 is 2.41 bits per heavy atom. The van der Waals surface area contributed by atoms with Crippen molar-refractivity contribution in [2.75, 3.05) is 0 Å². The summed E-state index contributed by atoms with van der Waals surface area (Å²) in [6.07, 6.45) is 1.44. The first-order valence-electron chi connectivity index (χ1n) is 8.02. The summed E-state index contributed by atoms with van der Waals surface area (Å²) in [7, 11) is 0. The van der Waals surface area contributed by atoms with Gasteiger partial charge in [0, 0.05) is 0 Å². The van der Waals surface area contributed by atoms with Gasteiger partial charge in [-0.15, -0.1) is 0 Å². The number of hydrazone groups is 1. The molecule has 0 atom stereocenters. The molecule has 132 valence electrons. The Labute approximate surface area is 155 Å². The van der Waals surface area contributed by atoms with Gasteiger partial charge in [-0.25, -0.2) is 9.82 Å². The summed E-state index contributed by atoms with van der Waals surface area (Å²) < 4.78 is 19.5. The number of carbonyl (C=O) groups excluding carboxylic acids is 1. The minimum atomic E-state index is -0.774. The van der Waals surface area contributed by atoms with Gasteiger partial charge in [0.15, 0.2) is 0 Å². The number of benzene rings is 3. The number of nitrogens with one attached hydrogen (secondary N) is 1. The summed E-state index contributed by atoms with van der Waals surface area (Å²) in [5.41, 5.74) is 2.95. The lowest BCUT2D eigenvalue weighted by Gasteiger charge is -2.05. The molecule has 6 heteroatoms. The predicted molar refractivity (Wildman–Crippen MR) is 99.1 cm³/mol. The molecule has 0 aromatic heterocycles. The quantitative estimate of drug-likeness (QED) is 0.546. The van der Waals surface area contributed by atoms with Gasteiger partial charge in [0.1, 0.15) is 17.3 Å². The molecular weight excluding hydrogens is 345 g/mol. The molecule has 27 heavy (non-hydrogen) atoms. The average Bonchev–Trinajstić information content (AvgIpc) is 2.70. The minimum absolute atomic E-state index is 0.144. The second-order valence-corrected chi connectivity index (χ2v) is 5.49. The lowest BCUT2D eigenvalue weighted by Crippen LogP contribution is -2.19. The van der Waals surface area contributed by atoms with Gasteiger partial charge in [-0.2, -0.15) is 10.4 Å². The third kappa shape index (κ3) is 4.77. The molecule has 0 saturated heterocycles. The number of hydrogen-bond donors (Lipinski definition) is 1. The number of nitriles is 1. The maximum Gasteiger partial charge on any atom is 0.274 e. The molecule has 3 aromatic rings. The van der Waals surface area contributed by atoms with Crippen molar-refractivity contribution in [2.24, 2.45) is 5.10 Å². The number of nitrogens with zero attached hydrogens (tertiary/aromatic N) is 2. The maximum absolute atomic E-state index is 13.8. The van der Waals surface area contributed by atoms with Gasteiger partial charge in [-0.3, -0.25) is 4.79 Å². The fraction of sp³-hybridized carbons (Fsp3) is 0. The molecular formula is C21H14FN3O2. The number of rotatable bonds is 5. The number of hydrogen-bond acceptors (Lipinski definition) is 4. The fourth-order valence-corrected chi connectivity index (χ4v) is 2.24. The van der Waals surface area contributed by atoms with Crippen LogP contribution in [0.5, 0.6) is 11.5 Å². The van der Waals surface area contributed by atoms with E-state index < -0.39 is 11.7 Å². The molecule has 0 spiro atoms. The van der Waals surface area contributed by atoms with E-state index in [9.17, 15) is 9.18 Å². The second-order valence-electron chi connectivity index (χ2n) is 5.49. The van der Waals surface area contributed by atoms with Crippen molar-refractivity contribution in [3.8, 4) is 17.6 Å². The van der Waals surface area contributed by atoms with Crippen LogP contribution < -0.4 is 10.2 Å². The molecule has 0 saturated carbocycles. The zero-order valence-corrected chi connectivity index (χ0v) is 14.1. The van der Waals surface area contributed by atoms with E-state index in [2.05, 4.69) is 10.5 Å². The zero-order chi connectivity index (χ0) is 19.1. The minimum Gasteiger partial charge on any atom is -0.457 e. The van der Waals surface area contributed by atoms with Crippen molar-refractivity contribution >= 4 is 12.1 Å². The molecule has 0 unspecified atom stereocenters. The Bertz CT molecular complexity index is 1010. The van der Waals surface area contributed by atoms with Crippen LogP contribution in [0.3, 0.4) is 0 Å². The predicted octanol–water partition coefficient (Wildman–Crippen LogP) is 4.25. The summed E-state index contributed by atoms with van der Waals surface area (Å²) in [4.78, 5) is 11.9. The van der Waals surface area contributed by atoms with Crippen LogP contribution in [-0.2, 0) is 0 Å². The topological polar surface area (TPSA) is 74.5 Å². The summed E-state index contributed by atoms with van der Waals surface area (Å²) in [5.74, 6) is -0.0703. The monoisotopic (exact) mass is 359 g/mol. The molecule has 1 amide bonds. The van der Waals surface area contributed by atoms with Crippen LogP contribution in [0.25, 0.3) is 0 Å². The van der Waals surface area contributed by atoms with E-state index in [1.165, 1.54) is 18.3 Å². The highest BCUT2D eigenvalue weighted by Gasteiger charge is 2.11. The van der Waals surface area contributed by atoms with Gasteiger partial charge in [0.2, 0.25) is 0 Å². The van der Waals surface area contributed by atoms with E-state index in [0.717, 1.165) is 17.4 Å². The summed E-state index contributed by atoms with van der Waals surface area (Å²) >= 11 is 0. The second kappa shape index (κ2) is 8.41. The highest BCUT2D eigenvalue weighted by Crippen LogP contribution is 2.20. The Balaban J connectivity index is 1.59. The lowest BCUT2D eigenvalue weighted by molar-refractivity contribution is 0.0951. The van der Waals surface area contributed by atoms with Gasteiger partial charge in [0.05, 0.1) is 23.4 Å². The first-order chi connectivity index (χ1) is 13.2. The first kappa shape index (κ1) is 17.8. The summed E-state index contributed by atoms with van der Waals surface area (Å²) in [5, 5.41) is 12.5. The largest absolute Gasteiger partial charge is 0.457 e. The highest BCUT2D eigenvalue weighted by molar-refractivity contribution is 5.95. The molecule has 0 bridgehead atoms. The van der Waals surface area contributed by atoms with Crippen LogP contribution in [0.2, 0.25) is 0 Å². The molecule has 1 N–H and O–H groups in total. The standard InChI is InChI=1S/C21H14FN3O2/c22-20-12-16(13-23)8-11-19(20)21(26)25-24-14-15-6-9-18(10-7-15)27-17-4-2-1-3-5-17/h1-12,14H,(H,25,26)/b24-14+. The van der Waals surface area contributed by atoms with Gasteiger partial charge < -0.3 is 4.74 Å². The SMILES string of the molecule is N#Cc1ccc(C(=O)N/N=C/c2ccc(Oc3ccccc3)cc2)c(F)c1. The van der Waals surface area contributed by atoms with Crippen LogP contribution in [0.1, 0.15) is 21.5 Å². The van der Waals surface area contributed by atoms with E-state index in [-0.39, 0.29) is 11.1 Å². The Kier molecular flexibility index (Phi) is 5.55. The Hall–Kier alpha value is -3.98. The number of halogens is 1. The molecule has 0 heterocycles. The fourth-order valence-electron chi connectivity index (χ4n) is 2.24. The highest BCUT2D eigenvalue weighted by atomic mass is 19.1. The van der Waals surface area contributed by atoms with Crippen molar-refractivity contribution in [3.05, 3.63) is 95.3 Å². The van der Waals surface area contributed by atoms with Gasteiger partial charge in [-0.1, -0.05) is 18.2 Å². The van der Waals surface area contributed by atoms with E-state index in [0.29, 0.717) is 5.75 Å². The van der Waals surface area contributed by atoms with Crippen LogP contribution in [0.4, 0.5) is 4.39 Å². The third-order valence-electron chi connectivity index (χ3n) is 3.58. The number of carbonyl (C=O) groups is 1. The normalized spacial score (nSPS) is 10.4. The molecule has 0 aliphatic rings. The summed E-state index contributed by atoms with van der Waals surface area (Å²) in [6.45, 7) is 0. The van der Waals surface area contributed by atoms with E-state index >= 15 is 0 Å². The van der Waals surface area contributed by atoms with Crippen molar-refractivity contribution in [3.63, 3.8) is 0 Å². The molecule has 3 rings (SSSR count). The molecule has 0 aliphatic carbocycles. The lowest BCUT2D eigenvalue weighted by atomic mass is 10.1. The van der Waals surface area contributed by atoms with Gasteiger partial charge in [0.25, 0.3) is 5.91 Å². The van der Waals surface area contributed by atoms with Crippen molar-refractivity contribution < 1.29 is 13.9 Å². The van der Waals surface area contributed by atoms with Crippen LogP contribution in [0, 0.1) is 17.1 Å². The van der Waals surface area contributed by atoms with Crippen LogP contribution in [0.15, 0.2) is 77.9 Å². The number of para-hydroxylation sites is 1. The number of ether oxygens (including phenoxy) is 1. The van der Waals surface area contributed by atoms with Gasteiger partial charge >= 0.3 is 0 Å². The first-order valence-corrected chi connectivity index (χ1v) is 8.02. The van der Waals surface area contributed by atoms with Crippen LogP contribution in [-0.4, -0.2) is 12.1 Å². The molecule has 0 fully saturated rings. The third-order valence-corrected chi connectivity index (χ3v) is 3.58. The van der Waals surface area contributed by atoms with Crippen LogP contribution >= 0.6 is 0 Å². The summed E-state index contributed by atoms with van der Waals surface area (Å²) in [6, 6.07) is 21.9. The van der Waals surface area contributed by atoms with E-state index in [4.69, 9.17) is 10.00 Å². The number of amides is 1. The molecule has 0 radical (unpaired) electrons. The molecule has 5 nitrogen and oxygen atoms in total. The van der Waals surface area contributed by atoms with E-state index in [1.54, 1.807) is 30.3 Å². The maximum atomic E-state index is 13.8. The van der Waals surface area contributed by atoms with Gasteiger partial charge in [-0.05, 0) is 60.2 Å². The Morgan fingerprint density at radius 1 is 1.04 bits per heavy atom.